The summed E-state index contributed by atoms with van der Waals surface area (Å²) in [5, 5.41) is 5.41. The van der Waals surface area contributed by atoms with E-state index in [1.807, 2.05) is 25.8 Å². The summed E-state index contributed by atoms with van der Waals surface area (Å²) in [5.74, 6) is 0.618. The average molecular weight is 254 g/mol. The van der Waals surface area contributed by atoms with Crippen LogP contribution in [-0.2, 0) is 9.63 Å². The van der Waals surface area contributed by atoms with Crippen molar-refractivity contribution in [1.82, 2.24) is 10.4 Å². The first kappa shape index (κ1) is 13.8. The van der Waals surface area contributed by atoms with Gasteiger partial charge in [-0.25, -0.2) is 4.79 Å². The molecule has 1 heterocycles. The number of hydrogen-bond acceptors (Lipinski definition) is 4. The lowest BCUT2D eigenvalue weighted by atomic mass is 9.97. The van der Waals surface area contributed by atoms with Crippen LogP contribution in [0.4, 0.5) is 0 Å². The molecule has 0 unspecified atom stereocenters. The van der Waals surface area contributed by atoms with E-state index in [9.17, 15) is 4.79 Å². The molecular weight excluding hydrogens is 228 g/mol. The van der Waals surface area contributed by atoms with Crippen molar-refractivity contribution >= 4 is 5.97 Å². The fraction of sp³-hybridized carbons (Fsp3) is 0.929. The first-order valence-corrected chi connectivity index (χ1v) is 7.16. The monoisotopic (exact) mass is 254 g/mol. The van der Waals surface area contributed by atoms with Gasteiger partial charge >= 0.3 is 5.97 Å². The molecular formula is C14H26N2O2. The molecule has 1 N–H and O–H groups in total. The van der Waals surface area contributed by atoms with Gasteiger partial charge in [0, 0.05) is 19.1 Å². The third kappa shape index (κ3) is 4.25. The highest BCUT2D eigenvalue weighted by atomic mass is 16.7. The van der Waals surface area contributed by atoms with E-state index in [0.29, 0.717) is 0 Å². The van der Waals surface area contributed by atoms with Gasteiger partial charge in [-0.3, -0.25) is 0 Å². The van der Waals surface area contributed by atoms with Crippen LogP contribution in [0.2, 0.25) is 0 Å². The summed E-state index contributed by atoms with van der Waals surface area (Å²) >= 11 is 0. The van der Waals surface area contributed by atoms with Crippen LogP contribution in [0.1, 0.15) is 46.5 Å². The maximum Gasteiger partial charge on any atom is 0.330 e. The predicted molar refractivity (Wildman–Crippen MR) is 70.9 cm³/mol. The maximum atomic E-state index is 11.8. The lowest BCUT2D eigenvalue weighted by molar-refractivity contribution is -0.205. The summed E-state index contributed by atoms with van der Waals surface area (Å²) < 4.78 is 0. The first-order chi connectivity index (χ1) is 8.45. The second-order valence-corrected chi connectivity index (χ2v) is 6.68. The number of hydroxylamine groups is 2. The van der Waals surface area contributed by atoms with Crippen LogP contribution < -0.4 is 5.32 Å². The van der Waals surface area contributed by atoms with Crippen LogP contribution >= 0.6 is 0 Å². The molecule has 0 aromatic rings. The van der Waals surface area contributed by atoms with E-state index in [0.717, 1.165) is 44.4 Å². The number of nitrogens with one attached hydrogen (secondary N) is 1. The molecule has 1 aliphatic carbocycles. The predicted octanol–water partition coefficient (Wildman–Crippen LogP) is 1.95. The van der Waals surface area contributed by atoms with Crippen molar-refractivity contribution in [2.24, 2.45) is 11.3 Å². The molecule has 1 saturated heterocycles. The first-order valence-electron chi connectivity index (χ1n) is 7.16. The molecule has 2 aliphatic rings. The van der Waals surface area contributed by atoms with Crippen molar-refractivity contribution in [3.63, 3.8) is 0 Å². The largest absolute Gasteiger partial charge is 0.367 e. The van der Waals surface area contributed by atoms with Crippen molar-refractivity contribution in [2.75, 3.05) is 19.6 Å². The van der Waals surface area contributed by atoms with E-state index in [-0.39, 0.29) is 5.97 Å². The van der Waals surface area contributed by atoms with Gasteiger partial charge in [0.25, 0.3) is 0 Å². The van der Waals surface area contributed by atoms with Crippen LogP contribution in [0, 0.1) is 11.3 Å². The molecule has 104 valence electrons. The van der Waals surface area contributed by atoms with E-state index < -0.39 is 5.41 Å². The number of piperidine rings is 1. The third-order valence-corrected chi connectivity index (χ3v) is 3.67. The van der Waals surface area contributed by atoms with Crippen LogP contribution in [0.3, 0.4) is 0 Å². The summed E-state index contributed by atoms with van der Waals surface area (Å²) in [7, 11) is 0. The van der Waals surface area contributed by atoms with E-state index in [2.05, 4.69) is 5.32 Å². The Balaban J connectivity index is 1.64. The zero-order valence-electron chi connectivity index (χ0n) is 11.9. The number of carbonyl (C=O) groups excluding carboxylic acids is 1. The van der Waals surface area contributed by atoms with Crippen LogP contribution in [0.25, 0.3) is 0 Å². The minimum Gasteiger partial charge on any atom is -0.367 e. The van der Waals surface area contributed by atoms with Crippen LogP contribution in [0.5, 0.6) is 0 Å². The number of carbonyl (C=O) groups is 1. The molecule has 1 aliphatic heterocycles. The number of hydrogen-bond donors (Lipinski definition) is 1. The van der Waals surface area contributed by atoms with Gasteiger partial charge in [-0.1, -0.05) is 0 Å². The van der Waals surface area contributed by atoms with Gasteiger partial charge in [-0.2, -0.15) is 0 Å². The van der Waals surface area contributed by atoms with Gasteiger partial charge in [0.1, 0.15) is 0 Å². The Bertz CT molecular complexity index is 287. The van der Waals surface area contributed by atoms with E-state index >= 15 is 0 Å². The van der Waals surface area contributed by atoms with Crippen LogP contribution in [0.15, 0.2) is 0 Å². The molecule has 1 saturated carbocycles. The maximum absolute atomic E-state index is 11.8. The second-order valence-electron chi connectivity index (χ2n) is 6.68. The van der Waals surface area contributed by atoms with Crippen molar-refractivity contribution < 1.29 is 9.63 Å². The fourth-order valence-corrected chi connectivity index (χ4v) is 2.08. The molecule has 0 bridgehead atoms. The second kappa shape index (κ2) is 5.57. The van der Waals surface area contributed by atoms with Crippen molar-refractivity contribution in [2.45, 2.75) is 52.5 Å². The normalized spacial score (nSPS) is 23.1. The minimum atomic E-state index is -0.412. The summed E-state index contributed by atoms with van der Waals surface area (Å²) in [4.78, 5) is 17.2. The molecule has 0 aromatic carbocycles. The quantitative estimate of drug-likeness (QED) is 0.832. The van der Waals surface area contributed by atoms with Crippen molar-refractivity contribution in [3.05, 3.63) is 0 Å². The fourth-order valence-electron chi connectivity index (χ4n) is 2.08. The highest BCUT2D eigenvalue weighted by Gasteiger charge is 2.29. The zero-order chi connectivity index (χ0) is 13.2. The Labute approximate surface area is 110 Å². The summed E-state index contributed by atoms with van der Waals surface area (Å²) in [6.07, 6.45) is 4.94. The summed E-state index contributed by atoms with van der Waals surface area (Å²) in [5.41, 5.74) is -0.412. The molecule has 2 rings (SSSR count). The summed E-state index contributed by atoms with van der Waals surface area (Å²) in [6, 6.07) is 0.793. The number of rotatable bonds is 4. The van der Waals surface area contributed by atoms with E-state index in [4.69, 9.17) is 4.84 Å². The molecule has 0 amide bonds. The lowest BCUT2D eigenvalue weighted by Crippen LogP contribution is -2.40. The Kier molecular flexibility index (Phi) is 4.28. The molecule has 2 fully saturated rings. The third-order valence-electron chi connectivity index (χ3n) is 3.67. The molecule has 0 radical (unpaired) electrons. The van der Waals surface area contributed by atoms with Gasteiger partial charge in [-0.15, -0.1) is 5.06 Å². The Hall–Kier alpha value is -0.610. The van der Waals surface area contributed by atoms with Gasteiger partial charge in [0.15, 0.2) is 0 Å². The van der Waals surface area contributed by atoms with Crippen LogP contribution in [-0.4, -0.2) is 36.7 Å². The minimum absolute atomic E-state index is 0.128. The highest BCUT2D eigenvalue weighted by Crippen LogP contribution is 2.23. The standard InChI is InChI=1S/C14H26N2O2/c1-14(2,3)13(17)18-16-8-6-11(7-9-16)10-15-12-4-5-12/h11-12,15H,4-10H2,1-3H3. The topological polar surface area (TPSA) is 41.6 Å². The van der Waals surface area contributed by atoms with Gasteiger partial charge < -0.3 is 10.2 Å². The van der Waals surface area contributed by atoms with E-state index in [1.54, 1.807) is 0 Å². The molecule has 18 heavy (non-hydrogen) atoms. The molecule has 4 heteroatoms. The Morgan fingerprint density at radius 2 is 1.83 bits per heavy atom. The lowest BCUT2D eigenvalue weighted by Gasteiger charge is -2.32. The average Bonchev–Trinajstić information content (AvgIpc) is 3.11. The van der Waals surface area contributed by atoms with Crippen molar-refractivity contribution in [1.29, 1.82) is 0 Å². The number of nitrogens with zero attached hydrogens (tertiary/aromatic N) is 1. The SMILES string of the molecule is CC(C)(C)C(=O)ON1CCC(CNC2CC2)CC1. The summed E-state index contributed by atoms with van der Waals surface area (Å²) in [6.45, 7) is 8.55. The van der Waals surface area contributed by atoms with E-state index in [1.165, 1.54) is 12.8 Å². The van der Waals surface area contributed by atoms with Gasteiger partial charge in [-0.05, 0) is 58.9 Å². The smallest absolute Gasteiger partial charge is 0.330 e. The highest BCUT2D eigenvalue weighted by molar-refractivity contribution is 5.75. The Morgan fingerprint density at radius 1 is 1.22 bits per heavy atom. The molecule has 0 atom stereocenters. The molecule has 0 aromatic heterocycles. The Morgan fingerprint density at radius 3 is 2.33 bits per heavy atom. The van der Waals surface area contributed by atoms with Gasteiger partial charge in [0.2, 0.25) is 0 Å². The molecule has 0 spiro atoms. The van der Waals surface area contributed by atoms with Crippen molar-refractivity contribution in [3.8, 4) is 0 Å². The molecule has 4 nitrogen and oxygen atoms in total. The zero-order valence-corrected chi connectivity index (χ0v) is 11.9. The van der Waals surface area contributed by atoms with Gasteiger partial charge in [0.05, 0.1) is 5.41 Å².